The van der Waals surface area contributed by atoms with E-state index in [-0.39, 0.29) is 5.91 Å². The third-order valence-electron chi connectivity index (χ3n) is 3.97. The maximum Gasteiger partial charge on any atom is 0.246 e. The standard InChI is InChI=1S/C18H23N5O/c1-21(2)11-3-4-18(24)22(16-9-10-16)12-15-5-7-17(8-6-15)23-14-19-13-20-23/h3-8,13-14,16H,9-12H2,1-2H3/b4-3+. The first-order valence-electron chi connectivity index (χ1n) is 8.19. The average Bonchev–Trinajstić information content (AvgIpc) is 3.26. The molecule has 1 aliphatic carbocycles. The number of rotatable bonds is 7. The number of hydrogen-bond acceptors (Lipinski definition) is 4. The van der Waals surface area contributed by atoms with Gasteiger partial charge in [-0.2, -0.15) is 5.10 Å². The maximum absolute atomic E-state index is 12.5. The molecule has 1 aromatic heterocycles. The van der Waals surface area contributed by atoms with Crippen LogP contribution in [0.2, 0.25) is 0 Å². The molecular formula is C18H23N5O. The van der Waals surface area contributed by atoms with Crippen LogP contribution in [0.15, 0.2) is 49.1 Å². The monoisotopic (exact) mass is 325 g/mol. The smallest absolute Gasteiger partial charge is 0.246 e. The van der Waals surface area contributed by atoms with Gasteiger partial charge in [-0.25, -0.2) is 9.67 Å². The molecule has 0 bridgehead atoms. The SMILES string of the molecule is CN(C)C/C=C/C(=O)N(Cc1ccc(-n2cncn2)cc1)C1CC1. The molecule has 0 saturated heterocycles. The van der Waals surface area contributed by atoms with Crippen molar-refractivity contribution in [2.45, 2.75) is 25.4 Å². The van der Waals surface area contributed by atoms with Crippen molar-refractivity contribution < 1.29 is 4.79 Å². The second-order valence-corrected chi connectivity index (χ2v) is 6.37. The lowest BCUT2D eigenvalue weighted by atomic mass is 10.2. The first kappa shape index (κ1) is 16.4. The molecule has 0 spiro atoms. The predicted octanol–water partition coefficient (Wildman–Crippen LogP) is 1.88. The Labute approximate surface area is 142 Å². The third-order valence-corrected chi connectivity index (χ3v) is 3.97. The van der Waals surface area contributed by atoms with Crippen LogP contribution in [0.1, 0.15) is 18.4 Å². The molecule has 3 rings (SSSR count). The molecule has 0 radical (unpaired) electrons. The van der Waals surface area contributed by atoms with E-state index >= 15 is 0 Å². The van der Waals surface area contributed by atoms with Crippen LogP contribution in [0.5, 0.6) is 0 Å². The Kier molecular flexibility index (Phi) is 5.05. The zero-order valence-corrected chi connectivity index (χ0v) is 14.2. The fourth-order valence-electron chi connectivity index (χ4n) is 2.53. The Morgan fingerprint density at radius 2 is 2.04 bits per heavy atom. The van der Waals surface area contributed by atoms with Crippen LogP contribution in [0, 0.1) is 0 Å². The molecule has 0 N–H and O–H groups in total. The number of aromatic nitrogens is 3. The Morgan fingerprint density at radius 1 is 1.29 bits per heavy atom. The van der Waals surface area contributed by atoms with Crippen LogP contribution in [0.3, 0.4) is 0 Å². The minimum Gasteiger partial charge on any atom is -0.332 e. The molecule has 2 aromatic rings. The summed E-state index contributed by atoms with van der Waals surface area (Å²) in [4.78, 5) is 20.4. The van der Waals surface area contributed by atoms with Gasteiger partial charge in [-0.05, 0) is 44.6 Å². The van der Waals surface area contributed by atoms with Crippen molar-refractivity contribution in [1.82, 2.24) is 24.6 Å². The van der Waals surface area contributed by atoms with Gasteiger partial charge >= 0.3 is 0 Å². The Morgan fingerprint density at radius 3 is 2.62 bits per heavy atom. The van der Waals surface area contributed by atoms with Gasteiger partial charge in [0.05, 0.1) is 5.69 Å². The highest BCUT2D eigenvalue weighted by atomic mass is 16.2. The quantitative estimate of drug-likeness (QED) is 0.729. The molecule has 1 heterocycles. The van der Waals surface area contributed by atoms with Crippen LogP contribution in [0.25, 0.3) is 5.69 Å². The number of carbonyl (C=O) groups is 1. The summed E-state index contributed by atoms with van der Waals surface area (Å²) >= 11 is 0. The number of amides is 1. The molecule has 1 aliphatic rings. The number of carbonyl (C=O) groups excluding carboxylic acids is 1. The van der Waals surface area contributed by atoms with Gasteiger partial charge in [-0.15, -0.1) is 0 Å². The molecule has 0 aliphatic heterocycles. The van der Waals surface area contributed by atoms with Gasteiger partial charge in [0, 0.05) is 25.2 Å². The first-order chi connectivity index (χ1) is 11.6. The number of benzene rings is 1. The highest BCUT2D eigenvalue weighted by Crippen LogP contribution is 2.28. The molecule has 6 nitrogen and oxygen atoms in total. The van der Waals surface area contributed by atoms with Gasteiger partial charge in [0.1, 0.15) is 12.7 Å². The van der Waals surface area contributed by atoms with E-state index in [1.807, 2.05) is 54.2 Å². The van der Waals surface area contributed by atoms with E-state index in [0.717, 1.165) is 30.6 Å². The molecule has 126 valence electrons. The van der Waals surface area contributed by atoms with E-state index in [1.165, 1.54) is 6.33 Å². The van der Waals surface area contributed by atoms with Gasteiger partial charge in [-0.3, -0.25) is 4.79 Å². The van der Waals surface area contributed by atoms with E-state index in [4.69, 9.17) is 0 Å². The highest BCUT2D eigenvalue weighted by molar-refractivity contribution is 5.88. The second kappa shape index (κ2) is 7.40. The van der Waals surface area contributed by atoms with Crippen molar-refractivity contribution in [3.05, 3.63) is 54.6 Å². The zero-order chi connectivity index (χ0) is 16.9. The van der Waals surface area contributed by atoms with Crippen LogP contribution < -0.4 is 0 Å². The molecule has 6 heteroatoms. The summed E-state index contributed by atoms with van der Waals surface area (Å²) in [5, 5.41) is 4.12. The minimum absolute atomic E-state index is 0.0969. The summed E-state index contributed by atoms with van der Waals surface area (Å²) in [6.07, 6.45) is 9.01. The van der Waals surface area contributed by atoms with Gasteiger partial charge in [0.2, 0.25) is 5.91 Å². The summed E-state index contributed by atoms with van der Waals surface area (Å²) in [6.45, 7) is 1.42. The highest BCUT2D eigenvalue weighted by Gasteiger charge is 2.31. The molecular weight excluding hydrogens is 302 g/mol. The molecule has 0 atom stereocenters. The van der Waals surface area contributed by atoms with E-state index in [2.05, 4.69) is 10.1 Å². The molecule has 1 saturated carbocycles. The van der Waals surface area contributed by atoms with Crippen LogP contribution in [-0.2, 0) is 11.3 Å². The third kappa shape index (κ3) is 4.29. The van der Waals surface area contributed by atoms with Crippen LogP contribution in [-0.4, -0.2) is 57.2 Å². The largest absolute Gasteiger partial charge is 0.332 e. The average molecular weight is 325 g/mol. The van der Waals surface area contributed by atoms with Gasteiger partial charge in [-0.1, -0.05) is 18.2 Å². The van der Waals surface area contributed by atoms with Crippen molar-refractivity contribution in [1.29, 1.82) is 0 Å². The summed E-state index contributed by atoms with van der Waals surface area (Å²) in [5.41, 5.74) is 2.09. The van der Waals surface area contributed by atoms with Crippen molar-refractivity contribution in [2.75, 3.05) is 20.6 Å². The fraction of sp³-hybridized carbons (Fsp3) is 0.389. The molecule has 1 fully saturated rings. The molecule has 1 aromatic carbocycles. The van der Waals surface area contributed by atoms with Crippen LogP contribution in [0.4, 0.5) is 0 Å². The van der Waals surface area contributed by atoms with Crippen molar-refractivity contribution in [2.24, 2.45) is 0 Å². The Balaban J connectivity index is 1.65. The summed E-state index contributed by atoms with van der Waals surface area (Å²) in [5.74, 6) is 0.0969. The summed E-state index contributed by atoms with van der Waals surface area (Å²) < 4.78 is 1.72. The van der Waals surface area contributed by atoms with Gasteiger partial charge < -0.3 is 9.80 Å². The Bertz CT molecular complexity index is 687. The minimum atomic E-state index is 0.0969. The fourth-order valence-corrected chi connectivity index (χ4v) is 2.53. The van der Waals surface area contributed by atoms with E-state index in [1.54, 1.807) is 17.1 Å². The topological polar surface area (TPSA) is 54.3 Å². The van der Waals surface area contributed by atoms with Crippen LogP contribution >= 0.6 is 0 Å². The maximum atomic E-state index is 12.5. The second-order valence-electron chi connectivity index (χ2n) is 6.37. The Hall–Kier alpha value is -2.47. The lowest BCUT2D eigenvalue weighted by molar-refractivity contribution is -0.127. The lowest BCUT2D eigenvalue weighted by Gasteiger charge is -2.21. The molecule has 24 heavy (non-hydrogen) atoms. The van der Waals surface area contributed by atoms with E-state index in [9.17, 15) is 4.79 Å². The lowest BCUT2D eigenvalue weighted by Crippen LogP contribution is -2.31. The summed E-state index contributed by atoms with van der Waals surface area (Å²) in [7, 11) is 3.98. The van der Waals surface area contributed by atoms with Crippen molar-refractivity contribution in [3.63, 3.8) is 0 Å². The zero-order valence-electron chi connectivity index (χ0n) is 14.2. The number of hydrogen-bond donors (Lipinski definition) is 0. The predicted molar refractivity (Wildman–Crippen MR) is 92.6 cm³/mol. The first-order valence-corrected chi connectivity index (χ1v) is 8.19. The van der Waals surface area contributed by atoms with Crippen molar-refractivity contribution >= 4 is 5.91 Å². The van der Waals surface area contributed by atoms with E-state index in [0.29, 0.717) is 12.6 Å². The van der Waals surface area contributed by atoms with Gasteiger partial charge in [0.15, 0.2) is 0 Å². The van der Waals surface area contributed by atoms with E-state index < -0.39 is 0 Å². The normalized spacial score (nSPS) is 14.5. The van der Waals surface area contributed by atoms with Crippen molar-refractivity contribution in [3.8, 4) is 5.69 Å². The number of likely N-dealkylation sites (N-methyl/N-ethyl adjacent to an activating group) is 1. The molecule has 0 unspecified atom stereocenters. The van der Waals surface area contributed by atoms with Gasteiger partial charge in [0.25, 0.3) is 0 Å². The number of nitrogens with zero attached hydrogens (tertiary/aromatic N) is 5. The molecule has 1 amide bonds. The summed E-state index contributed by atoms with van der Waals surface area (Å²) in [6, 6.07) is 8.48.